The van der Waals surface area contributed by atoms with E-state index < -0.39 is 15.8 Å². The summed E-state index contributed by atoms with van der Waals surface area (Å²) in [6.07, 6.45) is 6.36. The molecule has 2 atom stereocenters. The van der Waals surface area contributed by atoms with Crippen LogP contribution in [0, 0.1) is 12.7 Å². The molecule has 1 N–H and O–H groups in total. The van der Waals surface area contributed by atoms with Gasteiger partial charge in [0.25, 0.3) is 0 Å². The average molecular weight is 474 g/mol. The van der Waals surface area contributed by atoms with E-state index in [9.17, 15) is 12.8 Å². The monoisotopic (exact) mass is 473 g/mol. The maximum absolute atomic E-state index is 14.9. The van der Waals surface area contributed by atoms with Gasteiger partial charge in [0.05, 0.1) is 11.0 Å². The number of nitrogens with zero attached hydrogens (tertiary/aromatic N) is 4. The van der Waals surface area contributed by atoms with Gasteiger partial charge in [0, 0.05) is 35.5 Å². The third-order valence-electron chi connectivity index (χ3n) is 5.77. The molecule has 0 spiro atoms. The number of sulfonamides is 1. The maximum atomic E-state index is 14.9. The van der Waals surface area contributed by atoms with Crippen LogP contribution in [0.2, 0.25) is 0 Å². The van der Waals surface area contributed by atoms with Crippen LogP contribution in [0.4, 0.5) is 4.39 Å². The second kappa shape index (κ2) is 9.56. The second-order valence-corrected chi connectivity index (χ2v) is 10.3. The Morgan fingerprint density at radius 2 is 2.03 bits per heavy atom. The lowest BCUT2D eigenvalue weighted by Gasteiger charge is -2.30. The molecule has 33 heavy (non-hydrogen) atoms. The molecular weight excluding hydrogens is 445 g/mol. The number of hydrogen-bond acceptors (Lipinski definition) is 6. The predicted octanol–water partition coefficient (Wildman–Crippen LogP) is 4.04. The quantitative estimate of drug-likeness (QED) is 0.556. The minimum Gasteiger partial charge on any atom is -0.475 e. The Balaban J connectivity index is 1.48. The molecule has 1 aliphatic rings. The van der Waals surface area contributed by atoms with E-state index in [-0.39, 0.29) is 28.6 Å². The van der Waals surface area contributed by atoms with Crippen LogP contribution in [0.25, 0.3) is 11.1 Å². The van der Waals surface area contributed by atoms with Crippen LogP contribution < -0.4 is 9.46 Å². The highest BCUT2D eigenvalue weighted by molar-refractivity contribution is 7.89. The lowest BCUT2D eigenvalue weighted by atomic mass is 9.91. The number of benzene rings is 1. The van der Waals surface area contributed by atoms with Gasteiger partial charge in [-0.2, -0.15) is 0 Å². The lowest BCUT2D eigenvalue weighted by Crippen LogP contribution is -2.39. The Labute approximate surface area is 193 Å². The molecule has 8 nitrogen and oxygen atoms in total. The molecule has 0 saturated heterocycles. The normalized spacial score (nSPS) is 19.1. The van der Waals surface area contributed by atoms with Gasteiger partial charge in [0.15, 0.2) is 0 Å². The van der Waals surface area contributed by atoms with Crippen molar-refractivity contribution in [3.8, 4) is 17.0 Å². The summed E-state index contributed by atoms with van der Waals surface area (Å²) in [5, 5.41) is 7.95. The van der Waals surface area contributed by atoms with Crippen LogP contribution in [0.5, 0.6) is 5.88 Å². The number of nitrogens with one attached hydrogen (secondary N) is 1. The third-order valence-corrected chi connectivity index (χ3v) is 7.29. The molecule has 0 amide bonds. The molecule has 10 heteroatoms. The van der Waals surface area contributed by atoms with E-state index in [0.29, 0.717) is 17.9 Å². The van der Waals surface area contributed by atoms with E-state index in [1.807, 2.05) is 25.3 Å². The van der Waals surface area contributed by atoms with Crippen molar-refractivity contribution in [3.05, 3.63) is 54.5 Å². The SMILES string of the molecule is Cc1nncn1[C@@H]1CCC[C@H](NS(=O)(=O)c2ccc(-c3ccc(OC(C)C)nc3)c(F)c2)C1. The summed E-state index contributed by atoms with van der Waals surface area (Å²) >= 11 is 0. The summed E-state index contributed by atoms with van der Waals surface area (Å²) in [5.41, 5.74) is 0.818. The Kier molecular flexibility index (Phi) is 6.76. The Hall–Kier alpha value is -2.85. The molecule has 1 aromatic carbocycles. The Bertz CT molecular complexity index is 1210. The highest BCUT2D eigenvalue weighted by Gasteiger charge is 2.28. The number of aryl methyl sites for hydroxylation is 1. The predicted molar refractivity (Wildman–Crippen MR) is 122 cm³/mol. The molecule has 1 saturated carbocycles. The minimum atomic E-state index is -3.87. The number of hydrogen-bond donors (Lipinski definition) is 1. The first-order chi connectivity index (χ1) is 15.7. The number of aromatic nitrogens is 4. The van der Waals surface area contributed by atoms with Crippen molar-refractivity contribution in [1.29, 1.82) is 0 Å². The maximum Gasteiger partial charge on any atom is 0.240 e. The van der Waals surface area contributed by atoms with Crippen molar-refractivity contribution in [1.82, 2.24) is 24.5 Å². The van der Waals surface area contributed by atoms with Gasteiger partial charge in [-0.3, -0.25) is 0 Å². The van der Waals surface area contributed by atoms with Crippen molar-refractivity contribution in [2.75, 3.05) is 0 Å². The van der Waals surface area contributed by atoms with Crippen LogP contribution in [-0.4, -0.2) is 40.3 Å². The first kappa shape index (κ1) is 23.3. The first-order valence-corrected chi connectivity index (χ1v) is 12.5. The van der Waals surface area contributed by atoms with Crippen molar-refractivity contribution in [3.63, 3.8) is 0 Å². The van der Waals surface area contributed by atoms with E-state index in [1.54, 1.807) is 18.5 Å². The molecular formula is C23H28FN5O3S. The van der Waals surface area contributed by atoms with Gasteiger partial charge in [0.2, 0.25) is 15.9 Å². The van der Waals surface area contributed by atoms with Crippen LogP contribution >= 0.6 is 0 Å². The molecule has 0 aliphatic heterocycles. The number of rotatable bonds is 7. The van der Waals surface area contributed by atoms with Gasteiger partial charge in [-0.1, -0.05) is 6.07 Å². The van der Waals surface area contributed by atoms with Gasteiger partial charge in [-0.15, -0.1) is 10.2 Å². The summed E-state index contributed by atoms with van der Waals surface area (Å²) in [4.78, 5) is 4.09. The summed E-state index contributed by atoms with van der Waals surface area (Å²) in [7, 11) is -3.87. The summed E-state index contributed by atoms with van der Waals surface area (Å²) in [5.74, 6) is 0.628. The fourth-order valence-corrected chi connectivity index (χ4v) is 5.51. The molecule has 3 aromatic rings. The molecule has 176 valence electrons. The van der Waals surface area contributed by atoms with Crippen molar-refractivity contribution < 1.29 is 17.5 Å². The van der Waals surface area contributed by atoms with E-state index in [1.165, 1.54) is 18.3 Å². The molecule has 1 fully saturated rings. The highest BCUT2D eigenvalue weighted by Crippen LogP contribution is 2.31. The topological polar surface area (TPSA) is 99.0 Å². The van der Waals surface area contributed by atoms with Crippen molar-refractivity contribution in [2.45, 2.75) is 69.5 Å². The van der Waals surface area contributed by atoms with Crippen LogP contribution in [0.3, 0.4) is 0 Å². The zero-order valence-corrected chi connectivity index (χ0v) is 19.7. The Morgan fingerprint density at radius 3 is 2.67 bits per heavy atom. The van der Waals surface area contributed by atoms with Crippen molar-refractivity contribution in [2.24, 2.45) is 0 Å². The van der Waals surface area contributed by atoms with Gasteiger partial charge in [-0.05, 0) is 64.7 Å². The Morgan fingerprint density at radius 1 is 1.21 bits per heavy atom. The number of ether oxygens (including phenoxy) is 1. The number of pyridine rings is 1. The van der Waals surface area contributed by atoms with Crippen LogP contribution in [-0.2, 0) is 10.0 Å². The first-order valence-electron chi connectivity index (χ1n) is 11.0. The molecule has 0 bridgehead atoms. The smallest absolute Gasteiger partial charge is 0.240 e. The number of halogens is 1. The standard InChI is InChI=1S/C23H28FN5O3S/c1-15(2)32-23-10-7-17(13-25-23)21-9-8-20(12-22(21)24)33(30,31)28-18-5-4-6-19(11-18)29-14-26-27-16(29)3/h7-10,12-15,18-19,28H,4-6,11H2,1-3H3/t18-,19+/m0/s1. The summed E-state index contributed by atoms with van der Waals surface area (Å²) in [6, 6.07) is 7.20. The van der Waals surface area contributed by atoms with E-state index in [4.69, 9.17) is 4.74 Å². The van der Waals surface area contributed by atoms with Gasteiger partial charge in [0.1, 0.15) is 18.0 Å². The minimum absolute atomic E-state index is 0.0165. The van der Waals surface area contributed by atoms with Crippen LogP contribution in [0.1, 0.15) is 51.4 Å². The highest BCUT2D eigenvalue weighted by atomic mass is 32.2. The van der Waals surface area contributed by atoms with E-state index >= 15 is 0 Å². The average Bonchev–Trinajstić information content (AvgIpc) is 3.20. The van der Waals surface area contributed by atoms with Crippen LogP contribution in [0.15, 0.2) is 47.8 Å². The second-order valence-electron chi connectivity index (χ2n) is 8.62. The summed E-state index contributed by atoms with van der Waals surface area (Å²) in [6.45, 7) is 5.67. The fourth-order valence-electron chi connectivity index (χ4n) is 4.22. The van der Waals surface area contributed by atoms with Gasteiger partial charge < -0.3 is 9.30 Å². The van der Waals surface area contributed by atoms with E-state index in [0.717, 1.165) is 31.2 Å². The summed E-state index contributed by atoms with van der Waals surface area (Å²) < 4.78 is 51.1. The zero-order chi connectivity index (χ0) is 23.6. The van der Waals surface area contributed by atoms with Gasteiger partial charge in [-0.25, -0.2) is 22.5 Å². The largest absolute Gasteiger partial charge is 0.475 e. The van der Waals surface area contributed by atoms with Crippen molar-refractivity contribution >= 4 is 10.0 Å². The molecule has 2 aromatic heterocycles. The fraction of sp³-hybridized carbons (Fsp3) is 0.435. The lowest BCUT2D eigenvalue weighted by molar-refractivity contribution is 0.232. The molecule has 1 aliphatic carbocycles. The van der Waals surface area contributed by atoms with Gasteiger partial charge >= 0.3 is 0 Å². The molecule has 0 radical (unpaired) electrons. The molecule has 2 heterocycles. The molecule has 0 unspecified atom stereocenters. The zero-order valence-electron chi connectivity index (χ0n) is 18.9. The molecule has 4 rings (SSSR count). The van der Waals surface area contributed by atoms with E-state index in [2.05, 4.69) is 19.9 Å². The third kappa shape index (κ3) is 5.39.